The Bertz CT molecular complexity index is 461. The highest BCUT2D eigenvalue weighted by Gasteiger charge is 2.28. The van der Waals surface area contributed by atoms with E-state index < -0.39 is 0 Å². The smallest absolute Gasteiger partial charge is 0.268 e. The zero-order valence-electron chi connectivity index (χ0n) is 12.7. The number of benzene rings is 1. The van der Waals surface area contributed by atoms with Crippen molar-refractivity contribution in [2.24, 2.45) is 5.84 Å². The van der Waals surface area contributed by atoms with Crippen molar-refractivity contribution < 1.29 is 9.53 Å². The molecule has 1 aromatic rings. The van der Waals surface area contributed by atoms with Gasteiger partial charge in [-0.25, -0.2) is 5.84 Å². The number of rotatable bonds is 9. The molecular formula is C16H25N3O2. The molecule has 0 spiro atoms. The Labute approximate surface area is 126 Å². The Morgan fingerprint density at radius 1 is 1.38 bits per heavy atom. The molecule has 5 heteroatoms. The number of amides is 1. The summed E-state index contributed by atoms with van der Waals surface area (Å²) in [6.07, 6.45) is 5.04. The molecule has 1 saturated carbocycles. The Kier molecular flexibility index (Phi) is 6.02. The third kappa shape index (κ3) is 4.72. The Morgan fingerprint density at radius 2 is 2.14 bits per heavy atom. The van der Waals surface area contributed by atoms with Gasteiger partial charge in [-0.2, -0.15) is 0 Å². The number of nitrogen functional groups attached to an aromatic ring is 1. The minimum absolute atomic E-state index is 0.323. The molecular weight excluding hydrogens is 266 g/mol. The summed E-state index contributed by atoms with van der Waals surface area (Å²) in [5.74, 6) is 5.46. The fourth-order valence-corrected chi connectivity index (χ4v) is 2.41. The van der Waals surface area contributed by atoms with Crippen LogP contribution in [0.3, 0.4) is 0 Å². The zero-order chi connectivity index (χ0) is 15.1. The number of hydrogen-bond acceptors (Lipinski definition) is 4. The predicted molar refractivity (Wildman–Crippen MR) is 83.1 cm³/mol. The molecule has 0 saturated heterocycles. The molecule has 0 aliphatic heterocycles. The van der Waals surface area contributed by atoms with Gasteiger partial charge in [0, 0.05) is 12.6 Å². The largest absolute Gasteiger partial charge is 0.491 e. The van der Waals surface area contributed by atoms with Crippen molar-refractivity contribution in [3.63, 3.8) is 0 Å². The number of hydrogen-bond donors (Lipinski definition) is 2. The maximum absolute atomic E-state index is 11.7. The summed E-state index contributed by atoms with van der Waals surface area (Å²) in [6.45, 7) is 4.84. The molecule has 1 aromatic carbocycles. The number of ether oxygens (including phenoxy) is 1. The van der Waals surface area contributed by atoms with Gasteiger partial charge in [0.15, 0.2) is 0 Å². The molecule has 3 N–H and O–H groups in total. The number of nitrogens with two attached hydrogens (primary N) is 1. The van der Waals surface area contributed by atoms with Crippen molar-refractivity contribution in [1.82, 2.24) is 10.3 Å². The summed E-state index contributed by atoms with van der Waals surface area (Å²) in [4.78, 5) is 14.2. The molecule has 116 valence electrons. The van der Waals surface area contributed by atoms with Crippen molar-refractivity contribution in [3.8, 4) is 5.75 Å². The Hall–Kier alpha value is -1.59. The topological polar surface area (TPSA) is 67.6 Å². The molecule has 0 unspecified atom stereocenters. The summed E-state index contributed by atoms with van der Waals surface area (Å²) in [5, 5.41) is 0. The highest BCUT2D eigenvalue weighted by Crippen LogP contribution is 2.27. The van der Waals surface area contributed by atoms with Crippen LogP contribution >= 0.6 is 0 Å². The average Bonchev–Trinajstić information content (AvgIpc) is 3.35. The molecule has 1 aliphatic rings. The molecule has 0 bridgehead atoms. The van der Waals surface area contributed by atoms with Gasteiger partial charge in [-0.1, -0.05) is 25.5 Å². The van der Waals surface area contributed by atoms with Crippen molar-refractivity contribution >= 4 is 5.91 Å². The van der Waals surface area contributed by atoms with Gasteiger partial charge in [-0.05, 0) is 37.9 Å². The number of para-hydroxylation sites is 1. The van der Waals surface area contributed by atoms with Crippen molar-refractivity contribution in [1.29, 1.82) is 0 Å². The second-order valence-corrected chi connectivity index (χ2v) is 5.44. The number of nitrogens with zero attached hydrogens (tertiary/aromatic N) is 1. The van der Waals surface area contributed by atoms with E-state index in [1.165, 1.54) is 25.7 Å². The second kappa shape index (κ2) is 8.00. The number of nitrogens with one attached hydrogen (secondary N) is 1. The first-order chi connectivity index (χ1) is 10.3. The average molecular weight is 291 g/mol. The first kappa shape index (κ1) is 15.8. The zero-order valence-corrected chi connectivity index (χ0v) is 12.7. The molecule has 1 fully saturated rings. The first-order valence-corrected chi connectivity index (χ1v) is 7.73. The maximum atomic E-state index is 11.7. The van der Waals surface area contributed by atoms with Crippen LogP contribution in [0.5, 0.6) is 5.75 Å². The predicted octanol–water partition coefficient (Wildman–Crippen LogP) is 1.93. The molecule has 0 heterocycles. The molecule has 1 amide bonds. The minimum Gasteiger partial charge on any atom is -0.491 e. The van der Waals surface area contributed by atoms with Crippen LogP contribution in [0.2, 0.25) is 0 Å². The number of unbranched alkanes of at least 4 members (excludes halogenated alkanes) is 1. The van der Waals surface area contributed by atoms with E-state index in [1.807, 2.05) is 6.07 Å². The maximum Gasteiger partial charge on any atom is 0.268 e. The van der Waals surface area contributed by atoms with E-state index in [0.717, 1.165) is 19.1 Å². The van der Waals surface area contributed by atoms with Gasteiger partial charge in [-0.15, -0.1) is 0 Å². The quantitative estimate of drug-likeness (QED) is 0.414. The van der Waals surface area contributed by atoms with Crippen LogP contribution < -0.4 is 16.0 Å². The molecule has 1 aliphatic carbocycles. The van der Waals surface area contributed by atoms with Crippen LogP contribution in [0, 0.1) is 0 Å². The lowest BCUT2D eigenvalue weighted by atomic mass is 10.2. The summed E-state index contributed by atoms with van der Waals surface area (Å²) in [7, 11) is 0. The van der Waals surface area contributed by atoms with Gasteiger partial charge in [0.25, 0.3) is 5.91 Å². The number of carbonyl (C=O) groups is 1. The van der Waals surface area contributed by atoms with E-state index in [2.05, 4.69) is 17.2 Å². The number of hydrazine groups is 1. The normalized spacial score (nSPS) is 14.2. The lowest BCUT2D eigenvalue weighted by Gasteiger charge is -2.22. The van der Waals surface area contributed by atoms with Crippen molar-refractivity contribution in [2.45, 2.75) is 38.6 Å². The molecule has 2 rings (SSSR count). The third-order valence-corrected chi connectivity index (χ3v) is 3.76. The third-order valence-electron chi connectivity index (χ3n) is 3.76. The van der Waals surface area contributed by atoms with Gasteiger partial charge in [0.2, 0.25) is 0 Å². The van der Waals surface area contributed by atoms with Crippen LogP contribution in [0.1, 0.15) is 43.0 Å². The van der Waals surface area contributed by atoms with Gasteiger partial charge < -0.3 is 4.74 Å². The molecule has 0 aromatic heterocycles. The van der Waals surface area contributed by atoms with E-state index in [1.54, 1.807) is 18.2 Å². The van der Waals surface area contributed by atoms with Gasteiger partial charge in [0.1, 0.15) is 12.4 Å². The van der Waals surface area contributed by atoms with Gasteiger partial charge in [-0.3, -0.25) is 15.1 Å². The fourth-order valence-electron chi connectivity index (χ4n) is 2.41. The highest BCUT2D eigenvalue weighted by atomic mass is 16.5. The molecule has 21 heavy (non-hydrogen) atoms. The fraction of sp³-hybridized carbons (Fsp3) is 0.562. The minimum atomic E-state index is -0.323. The van der Waals surface area contributed by atoms with Gasteiger partial charge >= 0.3 is 0 Å². The van der Waals surface area contributed by atoms with Gasteiger partial charge in [0.05, 0.1) is 5.56 Å². The standard InChI is InChI=1S/C16H25N3O2/c1-2-3-10-19(13-8-9-13)11-12-21-15-7-5-4-6-14(15)16(20)18-17/h4-7,13H,2-3,8-12,17H2,1H3,(H,18,20). The van der Waals surface area contributed by atoms with E-state index in [4.69, 9.17) is 10.6 Å². The van der Waals surface area contributed by atoms with E-state index >= 15 is 0 Å². The van der Waals surface area contributed by atoms with Crippen LogP contribution in [-0.2, 0) is 0 Å². The van der Waals surface area contributed by atoms with Crippen LogP contribution in [0.25, 0.3) is 0 Å². The van der Waals surface area contributed by atoms with E-state index in [0.29, 0.717) is 17.9 Å². The van der Waals surface area contributed by atoms with Crippen LogP contribution in [0.4, 0.5) is 0 Å². The van der Waals surface area contributed by atoms with E-state index in [-0.39, 0.29) is 5.91 Å². The van der Waals surface area contributed by atoms with Crippen LogP contribution in [-0.4, -0.2) is 36.5 Å². The van der Waals surface area contributed by atoms with Crippen molar-refractivity contribution in [3.05, 3.63) is 29.8 Å². The highest BCUT2D eigenvalue weighted by molar-refractivity contribution is 5.96. The summed E-state index contributed by atoms with van der Waals surface area (Å²) in [6, 6.07) is 7.92. The molecule has 5 nitrogen and oxygen atoms in total. The molecule has 0 radical (unpaired) electrons. The second-order valence-electron chi connectivity index (χ2n) is 5.44. The Morgan fingerprint density at radius 3 is 2.81 bits per heavy atom. The monoisotopic (exact) mass is 291 g/mol. The molecule has 0 atom stereocenters. The van der Waals surface area contributed by atoms with Crippen LogP contribution in [0.15, 0.2) is 24.3 Å². The Balaban J connectivity index is 1.86. The lowest BCUT2D eigenvalue weighted by Crippen LogP contribution is -2.32. The van der Waals surface area contributed by atoms with E-state index in [9.17, 15) is 4.79 Å². The summed E-state index contributed by atoms with van der Waals surface area (Å²) in [5.41, 5.74) is 2.63. The SMILES string of the molecule is CCCCN(CCOc1ccccc1C(=O)NN)C1CC1. The van der Waals surface area contributed by atoms with Crippen molar-refractivity contribution in [2.75, 3.05) is 19.7 Å². The summed E-state index contributed by atoms with van der Waals surface area (Å²) < 4.78 is 5.79. The number of carbonyl (C=O) groups excluding carboxylic acids is 1. The lowest BCUT2D eigenvalue weighted by molar-refractivity contribution is 0.0948. The first-order valence-electron chi connectivity index (χ1n) is 7.73. The summed E-state index contributed by atoms with van der Waals surface area (Å²) >= 11 is 0.